The molecule has 2 heterocycles. The van der Waals surface area contributed by atoms with E-state index in [1.165, 1.54) is 18.2 Å². The second-order valence-electron chi connectivity index (χ2n) is 8.58. The third-order valence-corrected chi connectivity index (χ3v) is 6.85. The third kappa shape index (κ3) is 5.92. The van der Waals surface area contributed by atoms with Crippen molar-refractivity contribution in [3.63, 3.8) is 0 Å². The summed E-state index contributed by atoms with van der Waals surface area (Å²) in [6.45, 7) is 3.15. The Labute approximate surface area is 222 Å². The molecule has 0 spiro atoms. The number of anilines is 2. The summed E-state index contributed by atoms with van der Waals surface area (Å²) in [5, 5.41) is 2.87. The van der Waals surface area contributed by atoms with Gasteiger partial charge in [0.05, 0.1) is 18.4 Å². The molecule has 38 heavy (non-hydrogen) atoms. The molecular weight excluding hydrogens is 513 g/mol. The third-order valence-electron chi connectivity index (χ3n) is 6.00. The summed E-state index contributed by atoms with van der Waals surface area (Å²) in [6.07, 6.45) is 1.55. The summed E-state index contributed by atoms with van der Waals surface area (Å²) in [4.78, 5) is 40.5. The van der Waals surface area contributed by atoms with Crippen molar-refractivity contribution >= 4 is 40.6 Å². The first-order chi connectivity index (χ1) is 18.3. The first-order valence-electron chi connectivity index (χ1n) is 12.1. The lowest BCUT2D eigenvalue weighted by atomic mass is 10.0. The summed E-state index contributed by atoms with van der Waals surface area (Å²) < 4.78 is 29.4. The van der Waals surface area contributed by atoms with Crippen LogP contribution in [0.15, 0.2) is 48.5 Å². The minimum Gasteiger partial charge on any atom is -0.494 e. The highest BCUT2D eigenvalue weighted by atomic mass is 32.1. The van der Waals surface area contributed by atoms with E-state index in [0.717, 1.165) is 23.8 Å². The van der Waals surface area contributed by atoms with Crippen LogP contribution in [0.2, 0.25) is 0 Å². The molecule has 2 atom stereocenters. The number of rotatable bonds is 10. The summed E-state index contributed by atoms with van der Waals surface area (Å²) >= 11 is 0.674. The Morgan fingerprint density at radius 2 is 2.03 bits per heavy atom. The molecule has 0 aliphatic carbocycles. The van der Waals surface area contributed by atoms with E-state index < -0.39 is 29.6 Å². The summed E-state index contributed by atoms with van der Waals surface area (Å²) in [7, 11) is 0. The number of halogens is 1. The maximum Gasteiger partial charge on any atom is 0.273 e. The average molecular weight is 542 g/mol. The highest BCUT2D eigenvalue weighted by Crippen LogP contribution is 2.34. The van der Waals surface area contributed by atoms with Crippen LogP contribution in [0.1, 0.15) is 51.5 Å². The molecule has 10 nitrogen and oxygen atoms in total. The zero-order valence-corrected chi connectivity index (χ0v) is 21.5. The van der Waals surface area contributed by atoms with Crippen LogP contribution in [0.4, 0.5) is 15.8 Å². The van der Waals surface area contributed by atoms with Crippen LogP contribution in [0, 0.1) is 5.82 Å². The fraction of sp³-hybridized carbons (Fsp3) is 0.308. The Kier molecular flexibility index (Phi) is 8.54. The number of nitrogens with two attached hydrogens (primary N) is 2. The second-order valence-corrected chi connectivity index (χ2v) is 9.35. The van der Waals surface area contributed by atoms with E-state index in [0.29, 0.717) is 36.1 Å². The Morgan fingerprint density at radius 1 is 1.26 bits per heavy atom. The van der Waals surface area contributed by atoms with Crippen LogP contribution in [0.25, 0.3) is 0 Å². The van der Waals surface area contributed by atoms with Crippen molar-refractivity contribution in [1.29, 1.82) is 0 Å². The van der Waals surface area contributed by atoms with E-state index in [1.54, 1.807) is 24.3 Å². The first kappa shape index (κ1) is 27.0. The quantitative estimate of drug-likeness (QED) is 0.357. The van der Waals surface area contributed by atoms with E-state index in [2.05, 4.69) is 9.69 Å². The topological polar surface area (TPSA) is 150 Å². The molecule has 0 bridgehead atoms. The summed E-state index contributed by atoms with van der Waals surface area (Å²) in [5.41, 5.74) is 11.5. The van der Waals surface area contributed by atoms with Gasteiger partial charge < -0.3 is 26.3 Å². The lowest BCUT2D eigenvalue weighted by Crippen LogP contribution is -2.45. The Balaban J connectivity index is 1.80. The molecule has 1 aliphatic heterocycles. The van der Waals surface area contributed by atoms with Crippen molar-refractivity contribution in [3.8, 4) is 5.75 Å². The van der Waals surface area contributed by atoms with Gasteiger partial charge in [0.25, 0.3) is 11.8 Å². The highest BCUT2D eigenvalue weighted by molar-refractivity contribution is 7.09. The van der Waals surface area contributed by atoms with Crippen molar-refractivity contribution in [3.05, 3.63) is 70.5 Å². The molecule has 200 valence electrons. The van der Waals surface area contributed by atoms with E-state index in [4.69, 9.17) is 20.9 Å². The second kappa shape index (κ2) is 12.0. The van der Waals surface area contributed by atoms with Gasteiger partial charge in [0.2, 0.25) is 5.91 Å². The molecule has 1 fully saturated rings. The normalized spacial score (nSPS) is 15.6. The zero-order valence-electron chi connectivity index (χ0n) is 20.7. The van der Waals surface area contributed by atoms with Crippen LogP contribution >= 0.6 is 11.5 Å². The fourth-order valence-corrected chi connectivity index (χ4v) is 4.94. The molecule has 4 rings (SSSR count). The van der Waals surface area contributed by atoms with Gasteiger partial charge in [0, 0.05) is 18.8 Å². The lowest BCUT2D eigenvalue weighted by molar-refractivity contribution is -0.123. The number of nitrogen functional groups attached to an aromatic ring is 1. The van der Waals surface area contributed by atoms with E-state index in [1.807, 2.05) is 6.92 Å². The van der Waals surface area contributed by atoms with Gasteiger partial charge in [-0.05, 0) is 67.2 Å². The molecule has 1 saturated heterocycles. The predicted octanol–water partition coefficient (Wildman–Crippen LogP) is 3.05. The van der Waals surface area contributed by atoms with Gasteiger partial charge in [0.1, 0.15) is 22.5 Å². The molecule has 1 aromatic heterocycles. The number of amides is 3. The molecule has 3 amide bonds. The van der Waals surface area contributed by atoms with Gasteiger partial charge in [-0.15, -0.1) is 0 Å². The number of primary amides is 1. The highest BCUT2D eigenvalue weighted by Gasteiger charge is 2.36. The van der Waals surface area contributed by atoms with Gasteiger partial charge in [-0.1, -0.05) is 18.2 Å². The number of nitrogens with zero attached hydrogens (tertiary/aromatic N) is 2. The van der Waals surface area contributed by atoms with Crippen LogP contribution < -0.4 is 26.4 Å². The maximum absolute atomic E-state index is 14.4. The van der Waals surface area contributed by atoms with Crippen molar-refractivity contribution in [1.82, 2.24) is 9.69 Å². The minimum absolute atomic E-state index is 0.106. The number of ether oxygens (including phenoxy) is 2. The monoisotopic (exact) mass is 541 g/mol. The molecule has 0 saturated carbocycles. The van der Waals surface area contributed by atoms with Crippen molar-refractivity contribution in [2.45, 2.75) is 31.9 Å². The van der Waals surface area contributed by atoms with Crippen LogP contribution in [0.5, 0.6) is 5.75 Å². The number of carbonyl (C=O) groups is 3. The summed E-state index contributed by atoms with van der Waals surface area (Å²) in [5.74, 6) is -2.19. The molecular formula is C26H28FN5O5S. The average Bonchev–Trinajstić information content (AvgIpc) is 3.56. The Hall–Kier alpha value is -4.03. The van der Waals surface area contributed by atoms with E-state index in [-0.39, 0.29) is 34.6 Å². The maximum atomic E-state index is 14.4. The number of aromatic nitrogens is 1. The predicted molar refractivity (Wildman–Crippen MR) is 141 cm³/mol. The van der Waals surface area contributed by atoms with Gasteiger partial charge in [0.15, 0.2) is 5.69 Å². The zero-order chi connectivity index (χ0) is 27.2. The number of nitrogens with one attached hydrogen (secondary N) is 1. The van der Waals surface area contributed by atoms with Gasteiger partial charge in [-0.2, -0.15) is 4.37 Å². The molecule has 3 aromatic rings. The van der Waals surface area contributed by atoms with E-state index in [9.17, 15) is 18.8 Å². The standard InChI is InChI=1S/C26H28FN5O5S/c1-2-36-18-10-8-15(9-11-18)22(25(34)30-14-19-7-4-12-37-19)32(17-6-3-5-16(27)13-17)26(35)23-20(28)21(24(29)33)31-38-23/h3,5-6,8-11,13,19,22H,2,4,7,12,14,28H2,1H3,(H2,29,33)(H,30,34)/t19-,22-/m0/s1. The van der Waals surface area contributed by atoms with Gasteiger partial charge in [-0.25, -0.2) is 4.39 Å². The van der Waals surface area contributed by atoms with Crippen LogP contribution in [-0.2, 0) is 9.53 Å². The first-order valence-corrected chi connectivity index (χ1v) is 12.8. The van der Waals surface area contributed by atoms with Gasteiger partial charge >= 0.3 is 0 Å². The fourth-order valence-electron chi connectivity index (χ4n) is 4.20. The van der Waals surface area contributed by atoms with Crippen molar-refractivity contribution in [2.75, 3.05) is 30.4 Å². The minimum atomic E-state index is -1.24. The Bertz CT molecular complexity index is 1310. The number of hydrogen-bond donors (Lipinski definition) is 3. The van der Waals surface area contributed by atoms with Crippen molar-refractivity contribution < 1.29 is 28.2 Å². The van der Waals surface area contributed by atoms with Gasteiger partial charge in [-0.3, -0.25) is 19.3 Å². The number of hydrogen-bond acceptors (Lipinski definition) is 8. The largest absolute Gasteiger partial charge is 0.494 e. The number of benzene rings is 2. The SMILES string of the molecule is CCOc1ccc([C@@H](C(=O)NC[C@@H]2CCCO2)N(C(=O)c2snc(C(N)=O)c2N)c2cccc(F)c2)cc1. The molecule has 0 unspecified atom stereocenters. The van der Waals surface area contributed by atoms with E-state index >= 15 is 0 Å². The Morgan fingerprint density at radius 3 is 2.63 bits per heavy atom. The number of carbonyl (C=O) groups excluding carboxylic acids is 3. The van der Waals surface area contributed by atoms with Crippen molar-refractivity contribution in [2.24, 2.45) is 5.73 Å². The van der Waals surface area contributed by atoms with Crippen LogP contribution in [-0.4, -0.2) is 48.0 Å². The molecule has 0 radical (unpaired) electrons. The molecule has 5 N–H and O–H groups in total. The molecule has 2 aromatic carbocycles. The van der Waals surface area contributed by atoms with Crippen LogP contribution in [0.3, 0.4) is 0 Å². The lowest BCUT2D eigenvalue weighted by Gasteiger charge is -2.31. The summed E-state index contributed by atoms with van der Waals surface area (Å²) in [6, 6.07) is 10.7. The smallest absolute Gasteiger partial charge is 0.273 e. The molecule has 1 aliphatic rings. The molecule has 12 heteroatoms.